The van der Waals surface area contributed by atoms with Crippen molar-refractivity contribution in [1.82, 2.24) is 19.7 Å². The molecule has 0 saturated carbocycles. The highest BCUT2D eigenvalue weighted by atomic mass is 35.5. The van der Waals surface area contributed by atoms with Crippen molar-refractivity contribution >= 4 is 29.5 Å². The van der Waals surface area contributed by atoms with Crippen LogP contribution in [0.2, 0.25) is 5.15 Å². The zero-order valence-corrected chi connectivity index (χ0v) is 18.7. The van der Waals surface area contributed by atoms with Crippen LogP contribution in [-0.2, 0) is 6.54 Å². The molecular weight excluding hydrogens is 446 g/mol. The van der Waals surface area contributed by atoms with Gasteiger partial charge in [-0.3, -0.25) is 0 Å². The van der Waals surface area contributed by atoms with Crippen molar-refractivity contribution in [2.75, 3.05) is 6.54 Å². The molecular formula is C21H21ClF2N4O2S. The number of halogens is 3. The van der Waals surface area contributed by atoms with Gasteiger partial charge in [-0.1, -0.05) is 50.2 Å². The average Bonchev–Trinajstić information content (AvgIpc) is 3.06. The summed E-state index contributed by atoms with van der Waals surface area (Å²) in [6, 6.07) is 8.82. The van der Waals surface area contributed by atoms with E-state index in [2.05, 4.69) is 10.1 Å². The number of benzene rings is 1. The van der Waals surface area contributed by atoms with E-state index in [1.54, 1.807) is 24.4 Å². The molecule has 164 valence electrons. The highest BCUT2D eigenvalue weighted by Gasteiger charge is 2.23. The molecule has 0 radical (unpaired) electrons. The Kier molecular flexibility index (Phi) is 6.86. The lowest BCUT2D eigenvalue weighted by molar-refractivity contribution is 0.122. The summed E-state index contributed by atoms with van der Waals surface area (Å²) >= 11 is 7.06. The summed E-state index contributed by atoms with van der Waals surface area (Å²) in [5.41, 5.74) is 0.0652. The van der Waals surface area contributed by atoms with E-state index in [1.165, 1.54) is 33.5 Å². The SMILES string of the molecule is CC(C)(C)CN(Cc1cc(Sc2ccc(Cl)nc2)n(-c2cccc(F)c2F)n1)C(=O)O. The van der Waals surface area contributed by atoms with Gasteiger partial charge in [0.25, 0.3) is 0 Å². The largest absolute Gasteiger partial charge is 0.465 e. The zero-order valence-electron chi connectivity index (χ0n) is 17.1. The smallest absolute Gasteiger partial charge is 0.407 e. The first kappa shape index (κ1) is 23.0. The fraction of sp³-hybridized carbons (Fsp3) is 0.286. The number of nitrogens with zero attached hydrogens (tertiary/aromatic N) is 4. The molecule has 6 nitrogen and oxygen atoms in total. The number of amides is 1. The van der Waals surface area contributed by atoms with Crippen LogP contribution in [0.4, 0.5) is 13.6 Å². The van der Waals surface area contributed by atoms with E-state index in [0.717, 1.165) is 6.07 Å². The predicted octanol–water partition coefficient (Wildman–Crippen LogP) is 5.88. The van der Waals surface area contributed by atoms with Gasteiger partial charge in [-0.05, 0) is 35.7 Å². The minimum Gasteiger partial charge on any atom is -0.465 e. The molecule has 0 spiro atoms. The van der Waals surface area contributed by atoms with Gasteiger partial charge in [0.1, 0.15) is 15.9 Å². The molecule has 0 bridgehead atoms. The van der Waals surface area contributed by atoms with Crippen LogP contribution in [0.1, 0.15) is 26.5 Å². The molecule has 0 atom stereocenters. The second kappa shape index (κ2) is 9.23. The van der Waals surface area contributed by atoms with Crippen LogP contribution in [0, 0.1) is 17.0 Å². The number of hydrogen-bond donors (Lipinski definition) is 1. The van der Waals surface area contributed by atoms with Crippen LogP contribution in [0.3, 0.4) is 0 Å². The molecule has 1 N–H and O–H groups in total. The van der Waals surface area contributed by atoms with Crippen LogP contribution < -0.4 is 0 Å². The number of hydrogen-bond acceptors (Lipinski definition) is 4. The maximum atomic E-state index is 14.5. The van der Waals surface area contributed by atoms with Gasteiger partial charge in [0.05, 0.1) is 12.2 Å². The Bertz CT molecular complexity index is 1080. The molecule has 1 amide bonds. The zero-order chi connectivity index (χ0) is 22.8. The molecule has 0 aliphatic heterocycles. The third-order valence-corrected chi connectivity index (χ3v) is 5.30. The minimum atomic E-state index is -1.09. The normalized spacial score (nSPS) is 11.5. The fourth-order valence-electron chi connectivity index (χ4n) is 2.89. The number of carbonyl (C=O) groups is 1. The van der Waals surface area contributed by atoms with E-state index in [-0.39, 0.29) is 24.2 Å². The van der Waals surface area contributed by atoms with Crippen LogP contribution >= 0.6 is 23.4 Å². The minimum absolute atomic E-state index is 0.00294. The lowest BCUT2D eigenvalue weighted by Gasteiger charge is -2.27. The fourth-order valence-corrected chi connectivity index (χ4v) is 3.91. The standard InChI is InChI=1S/C21H21ClF2N4O2S/c1-21(2,3)12-27(20(29)30)11-13-9-18(31-14-7-8-17(22)25-10-14)28(26-13)16-6-4-5-15(23)19(16)24/h4-10H,11-12H2,1-3H3,(H,29,30). The number of pyridine rings is 1. The molecule has 10 heteroatoms. The van der Waals surface area contributed by atoms with Gasteiger partial charge in [0.2, 0.25) is 0 Å². The van der Waals surface area contributed by atoms with Gasteiger partial charge in [-0.2, -0.15) is 5.10 Å². The van der Waals surface area contributed by atoms with Crippen LogP contribution in [0.25, 0.3) is 5.69 Å². The monoisotopic (exact) mass is 466 g/mol. The Morgan fingerprint density at radius 3 is 2.61 bits per heavy atom. The molecule has 0 fully saturated rings. The molecule has 0 aliphatic carbocycles. The number of aromatic nitrogens is 3. The molecule has 0 aliphatic rings. The summed E-state index contributed by atoms with van der Waals surface area (Å²) in [7, 11) is 0. The van der Waals surface area contributed by atoms with Crippen LogP contribution in [-0.4, -0.2) is 37.4 Å². The van der Waals surface area contributed by atoms with E-state index in [9.17, 15) is 18.7 Å². The third kappa shape index (κ3) is 5.95. The first-order valence-electron chi connectivity index (χ1n) is 9.34. The van der Waals surface area contributed by atoms with Crippen LogP contribution in [0.5, 0.6) is 0 Å². The molecule has 3 rings (SSSR count). The van der Waals surface area contributed by atoms with Crippen molar-refractivity contribution < 1.29 is 18.7 Å². The quantitative estimate of drug-likeness (QED) is 0.459. The molecule has 0 saturated heterocycles. The van der Waals surface area contributed by atoms with E-state index in [0.29, 0.717) is 20.8 Å². The van der Waals surface area contributed by atoms with E-state index in [4.69, 9.17) is 11.6 Å². The Balaban J connectivity index is 2.01. The second-order valence-corrected chi connectivity index (χ2v) is 9.56. The summed E-state index contributed by atoms with van der Waals surface area (Å²) in [6.45, 7) is 6.07. The second-order valence-electron chi connectivity index (χ2n) is 8.08. The molecule has 1 aromatic carbocycles. The van der Waals surface area contributed by atoms with E-state index in [1.807, 2.05) is 20.8 Å². The number of carboxylic acid groups (broad SMARTS) is 1. The van der Waals surface area contributed by atoms with E-state index < -0.39 is 17.7 Å². The van der Waals surface area contributed by atoms with Crippen molar-refractivity contribution in [3.63, 3.8) is 0 Å². The highest BCUT2D eigenvalue weighted by molar-refractivity contribution is 7.99. The summed E-state index contributed by atoms with van der Waals surface area (Å²) in [4.78, 5) is 17.7. The molecule has 3 aromatic rings. The van der Waals surface area contributed by atoms with E-state index >= 15 is 0 Å². The topological polar surface area (TPSA) is 71.2 Å². The maximum Gasteiger partial charge on any atom is 0.407 e. The molecule has 0 unspecified atom stereocenters. The third-order valence-electron chi connectivity index (χ3n) is 4.10. The summed E-state index contributed by atoms with van der Waals surface area (Å²) in [6.07, 6.45) is 0.465. The van der Waals surface area contributed by atoms with Gasteiger partial charge >= 0.3 is 6.09 Å². The van der Waals surface area contributed by atoms with Gasteiger partial charge < -0.3 is 10.0 Å². The van der Waals surface area contributed by atoms with Gasteiger partial charge in [-0.15, -0.1) is 0 Å². The lowest BCUT2D eigenvalue weighted by Crippen LogP contribution is -2.36. The van der Waals surface area contributed by atoms with Crippen molar-refractivity contribution in [2.45, 2.75) is 37.2 Å². The van der Waals surface area contributed by atoms with Crippen molar-refractivity contribution in [3.8, 4) is 5.69 Å². The Morgan fingerprint density at radius 1 is 1.26 bits per heavy atom. The summed E-state index contributed by atoms with van der Waals surface area (Å²) in [5.74, 6) is -2.04. The molecule has 2 aromatic heterocycles. The highest BCUT2D eigenvalue weighted by Crippen LogP contribution is 2.32. The Morgan fingerprint density at radius 2 is 2.00 bits per heavy atom. The first-order valence-corrected chi connectivity index (χ1v) is 10.5. The summed E-state index contributed by atoms with van der Waals surface area (Å²) < 4.78 is 29.6. The average molecular weight is 467 g/mol. The molecule has 2 heterocycles. The van der Waals surface area contributed by atoms with Crippen molar-refractivity contribution in [1.29, 1.82) is 0 Å². The predicted molar refractivity (Wildman–Crippen MR) is 115 cm³/mol. The first-order chi connectivity index (χ1) is 14.5. The molecule has 31 heavy (non-hydrogen) atoms. The van der Waals surface area contributed by atoms with Crippen molar-refractivity contribution in [2.24, 2.45) is 5.41 Å². The van der Waals surface area contributed by atoms with Gasteiger partial charge in [0.15, 0.2) is 11.6 Å². The summed E-state index contributed by atoms with van der Waals surface area (Å²) in [5, 5.41) is 14.8. The van der Waals surface area contributed by atoms with Gasteiger partial charge in [0, 0.05) is 17.6 Å². The van der Waals surface area contributed by atoms with Crippen molar-refractivity contribution in [3.05, 3.63) is 65.1 Å². The Hall–Kier alpha value is -2.65. The lowest BCUT2D eigenvalue weighted by atomic mass is 9.96. The van der Waals surface area contributed by atoms with Gasteiger partial charge in [-0.25, -0.2) is 23.2 Å². The van der Waals surface area contributed by atoms with Crippen LogP contribution in [0.15, 0.2) is 52.5 Å². The Labute approximate surface area is 187 Å². The maximum absolute atomic E-state index is 14.5. The number of rotatable bonds is 6.